The third-order valence-corrected chi connectivity index (χ3v) is 6.10. The summed E-state index contributed by atoms with van der Waals surface area (Å²) < 4.78 is 2.32. The molecule has 4 heterocycles. The van der Waals surface area contributed by atoms with E-state index >= 15 is 0 Å². The molecule has 0 spiro atoms. The molecule has 0 atom stereocenters. The van der Waals surface area contributed by atoms with Crippen LogP contribution in [0.1, 0.15) is 36.0 Å². The molecular formula is C20H24ClN7. The molecule has 146 valence electrons. The lowest BCUT2D eigenvalue weighted by Crippen LogP contribution is -2.34. The number of aromatic amines is 1. The van der Waals surface area contributed by atoms with Crippen LogP contribution in [0.2, 0.25) is 5.02 Å². The molecule has 1 aromatic carbocycles. The Hall–Kier alpha value is -2.22. The van der Waals surface area contributed by atoms with E-state index < -0.39 is 0 Å². The van der Waals surface area contributed by atoms with Gasteiger partial charge < -0.3 is 9.88 Å². The molecule has 2 aromatic heterocycles. The number of fused-ring (bicyclic) bond motifs is 1. The van der Waals surface area contributed by atoms with Gasteiger partial charge in [0, 0.05) is 36.1 Å². The van der Waals surface area contributed by atoms with Crippen LogP contribution in [0.5, 0.6) is 0 Å². The summed E-state index contributed by atoms with van der Waals surface area (Å²) in [7, 11) is 0. The van der Waals surface area contributed by atoms with E-state index in [-0.39, 0.29) is 0 Å². The largest absolute Gasteiger partial charge is 0.312 e. The van der Waals surface area contributed by atoms with Crippen molar-refractivity contribution in [1.82, 2.24) is 35.2 Å². The molecule has 2 aliphatic rings. The highest BCUT2D eigenvalue weighted by Crippen LogP contribution is 2.30. The Morgan fingerprint density at radius 3 is 2.71 bits per heavy atom. The zero-order valence-corrected chi connectivity index (χ0v) is 16.5. The van der Waals surface area contributed by atoms with E-state index in [9.17, 15) is 0 Å². The van der Waals surface area contributed by atoms with E-state index in [0.717, 1.165) is 74.2 Å². The number of hydrogen-bond donors (Lipinski definition) is 2. The van der Waals surface area contributed by atoms with Crippen molar-refractivity contribution in [3.63, 3.8) is 0 Å². The van der Waals surface area contributed by atoms with Crippen LogP contribution in [0.3, 0.4) is 0 Å². The van der Waals surface area contributed by atoms with Gasteiger partial charge in [-0.05, 0) is 43.6 Å². The van der Waals surface area contributed by atoms with Gasteiger partial charge in [-0.1, -0.05) is 23.7 Å². The van der Waals surface area contributed by atoms with Crippen LogP contribution in [0, 0.1) is 0 Å². The van der Waals surface area contributed by atoms with Gasteiger partial charge in [0.1, 0.15) is 11.6 Å². The van der Waals surface area contributed by atoms with Crippen LogP contribution in [0.25, 0.3) is 11.3 Å². The zero-order valence-electron chi connectivity index (χ0n) is 15.7. The number of rotatable bonds is 4. The second-order valence-corrected chi connectivity index (χ2v) is 8.07. The summed E-state index contributed by atoms with van der Waals surface area (Å²) in [6.45, 7) is 5.86. The number of benzene rings is 1. The van der Waals surface area contributed by atoms with Crippen molar-refractivity contribution in [2.24, 2.45) is 0 Å². The molecule has 3 aromatic rings. The zero-order chi connectivity index (χ0) is 18.9. The first-order valence-electron chi connectivity index (χ1n) is 9.91. The fourth-order valence-corrected chi connectivity index (χ4v) is 4.43. The Labute approximate surface area is 169 Å². The molecule has 2 N–H and O–H groups in total. The molecular weight excluding hydrogens is 374 g/mol. The molecule has 0 unspecified atom stereocenters. The predicted octanol–water partition coefficient (Wildman–Crippen LogP) is 2.80. The monoisotopic (exact) mass is 397 g/mol. The van der Waals surface area contributed by atoms with E-state index in [4.69, 9.17) is 11.6 Å². The first-order chi connectivity index (χ1) is 13.8. The Morgan fingerprint density at radius 2 is 1.89 bits per heavy atom. The van der Waals surface area contributed by atoms with Crippen molar-refractivity contribution in [2.45, 2.75) is 38.4 Å². The highest BCUT2D eigenvalue weighted by atomic mass is 35.5. The average molecular weight is 398 g/mol. The third kappa shape index (κ3) is 3.45. The molecule has 0 bridgehead atoms. The van der Waals surface area contributed by atoms with Crippen LogP contribution in [0.4, 0.5) is 0 Å². The van der Waals surface area contributed by atoms with E-state index in [1.807, 2.05) is 30.5 Å². The van der Waals surface area contributed by atoms with Gasteiger partial charge in [0.2, 0.25) is 0 Å². The van der Waals surface area contributed by atoms with E-state index in [2.05, 4.69) is 35.2 Å². The minimum absolute atomic E-state index is 0.510. The third-order valence-electron chi connectivity index (χ3n) is 5.85. The number of nitrogens with one attached hydrogen (secondary N) is 2. The number of likely N-dealkylation sites (tertiary alicyclic amines) is 1. The van der Waals surface area contributed by atoms with Crippen LogP contribution in [0.15, 0.2) is 30.5 Å². The second-order valence-electron chi connectivity index (χ2n) is 7.63. The summed E-state index contributed by atoms with van der Waals surface area (Å²) in [4.78, 5) is 2.51. The molecule has 1 fully saturated rings. The Kier molecular flexibility index (Phi) is 4.88. The lowest BCUT2D eigenvalue weighted by Gasteiger charge is -2.32. The number of hydrogen-bond acceptors (Lipinski definition) is 5. The predicted molar refractivity (Wildman–Crippen MR) is 108 cm³/mol. The van der Waals surface area contributed by atoms with Crippen molar-refractivity contribution in [2.75, 3.05) is 19.6 Å². The van der Waals surface area contributed by atoms with E-state index in [1.165, 1.54) is 11.4 Å². The fraction of sp³-hybridized carbons (Fsp3) is 0.450. The molecule has 28 heavy (non-hydrogen) atoms. The number of halogens is 1. The van der Waals surface area contributed by atoms with Crippen molar-refractivity contribution in [3.05, 3.63) is 52.7 Å². The van der Waals surface area contributed by atoms with Gasteiger partial charge in [-0.15, -0.1) is 10.2 Å². The van der Waals surface area contributed by atoms with Crippen LogP contribution in [-0.2, 0) is 19.6 Å². The summed E-state index contributed by atoms with van der Waals surface area (Å²) in [5.74, 6) is 2.77. The van der Waals surface area contributed by atoms with Crippen molar-refractivity contribution < 1.29 is 0 Å². The minimum Gasteiger partial charge on any atom is -0.312 e. The maximum Gasteiger partial charge on any atom is 0.147 e. The number of aromatic nitrogens is 5. The number of piperidine rings is 1. The first kappa shape index (κ1) is 17.8. The van der Waals surface area contributed by atoms with E-state index in [0.29, 0.717) is 5.92 Å². The Bertz CT molecular complexity index is 938. The molecule has 0 saturated carbocycles. The molecule has 0 radical (unpaired) electrons. The van der Waals surface area contributed by atoms with Gasteiger partial charge in [0.25, 0.3) is 0 Å². The summed E-state index contributed by atoms with van der Waals surface area (Å²) in [6, 6.07) is 7.91. The molecule has 8 heteroatoms. The SMILES string of the molecule is Clc1ccc(-c2[nH]ncc2CN2CCC(c3nnc4n3CCNC4)CC2)cc1. The molecule has 0 amide bonds. The summed E-state index contributed by atoms with van der Waals surface area (Å²) in [5, 5.41) is 20.4. The van der Waals surface area contributed by atoms with Gasteiger partial charge in [0.15, 0.2) is 0 Å². The molecule has 5 rings (SSSR count). The molecule has 2 aliphatic heterocycles. The maximum absolute atomic E-state index is 6.02. The van der Waals surface area contributed by atoms with Gasteiger partial charge in [-0.2, -0.15) is 5.10 Å². The summed E-state index contributed by atoms with van der Waals surface area (Å²) in [6.07, 6.45) is 4.19. The lowest BCUT2D eigenvalue weighted by atomic mass is 9.95. The van der Waals surface area contributed by atoms with Crippen molar-refractivity contribution >= 4 is 11.6 Å². The number of nitrogens with zero attached hydrogens (tertiary/aromatic N) is 5. The standard InChI is InChI=1S/C20H24ClN7/c21-17-3-1-14(2-4-17)19-16(11-23-25-19)13-27-8-5-15(6-9-27)20-26-24-18-12-22-7-10-28(18)20/h1-4,11,15,22H,5-10,12-13H2,(H,23,25). The van der Waals surface area contributed by atoms with Gasteiger partial charge in [0.05, 0.1) is 18.4 Å². The molecule has 0 aliphatic carbocycles. The van der Waals surface area contributed by atoms with Crippen LogP contribution < -0.4 is 5.32 Å². The van der Waals surface area contributed by atoms with Crippen molar-refractivity contribution in [1.29, 1.82) is 0 Å². The highest BCUT2D eigenvalue weighted by molar-refractivity contribution is 6.30. The molecule has 7 nitrogen and oxygen atoms in total. The van der Waals surface area contributed by atoms with Gasteiger partial charge in [-0.3, -0.25) is 10.00 Å². The quantitative estimate of drug-likeness (QED) is 0.708. The van der Waals surface area contributed by atoms with Gasteiger partial charge in [-0.25, -0.2) is 0 Å². The maximum atomic E-state index is 6.02. The topological polar surface area (TPSA) is 74.7 Å². The second kappa shape index (κ2) is 7.66. The lowest BCUT2D eigenvalue weighted by molar-refractivity contribution is 0.199. The molecule has 1 saturated heterocycles. The Morgan fingerprint density at radius 1 is 1.07 bits per heavy atom. The normalized spacial score (nSPS) is 18.3. The number of H-pyrrole nitrogens is 1. The average Bonchev–Trinajstić information content (AvgIpc) is 3.36. The van der Waals surface area contributed by atoms with Crippen LogP contribution >= 0.6 is 11.6 Å². The fourth-order valence-electron chi connectivity index (χ4n) is 4.30. The van der Waals surface area contributed by atoms with Crippen LogP contribution in [-0.4, -0.2) is 49.5 Å². The summed E-state index contributed by atoms with van der Waals surface area (Å²) >= 11 is 6.02. The Balaban J connectivity index is 1.24. The van der Waals surface area contributed by atoms with Gasteiger partial charge >= 0.3 is 0 Å². The summed E-state index contributed by atoms with van der Waals surface area (Å²) in [5.41, 5.74) is 3.43. The smallest absolute Gasteiger partial charge is 0.147 e. The van der Waals surface area contributed by atoms with E-state index in [1.54, 1.807) is 0 Å². The minimum atomic E-state index is 0.510. The highest BCUT2D eigenvalue weighted by Gasteiger charge is 2.27. The van der Waals surface area contributed by atoms with Crippen molar-refractivity contribution in [3.8, 4) is 11.3 Å². The first-order valence-corrected chi connectivity index (χ1v) is 10.3.